The second-order valence-electron chi connectivity index (χ2n) is 5.66. The molecule has 0 spiro atoms. The molecule has 1 fully saturated rings. The molecule has 23 heavy (non-hydrogen) atoms. The molecular weight excluding hydrogens is 432 g/mol. The van der Waals surface area contributed by atoms with E-state index in [1.165, 1.54) is 6.07 Å². The number of nitrogens with one attached hydrogen (secondary N) is 2. The Morgan fingerprint density at radius 3 is 2.70 bits per heavy atom. The highest BCUT2D eigenvalue weighted by Gasteiger charge is 2.27. The van der Waals surface area contributed by atoms with Gasteiger partial charge in [0, 0.05) is 20.1 Å². The topological polar surface area (TPSA) is 70.6 Å². The number of nitrogens with zero attached hydrogens (tertiary/aromatic N) is 1. The van der Waals surface area contributed by atoms with Crippen LogP contribution >= 0.6 is 24.0 Å². The smallest absolute Gasteiger partial charge is 0.191 e. The summed E-state index contributed by atoms with van der Waals surface area (Å²) in [5.41, 5.74) is 1.45. The minimum atomic E-state index is -2.86. The van der Waals surface area contributed by atoms with Gasteiger partial charge in [0.2, 0.25) is 0 Å². The van der Waals surface area contributed by atoms with Crippen molar-refractivity contribution in [3.8, 4) is 0 Å². The van der Waals surface area contributed by atoms with E-state index in [0.29, 0.717) is 31.0 Å². The Kier molecular flexibility index (Phi) is 7.72. The van der Waals surface area contributed by atoms with Crippen LogP contribution in [0.25, 0.3) is 0 Å². The molecule has 1 unspecified atom stereocenters. The Morgan fingerprint density at radius 1 is 1.39 bits per heavy atom. The summed E-state index contributed by atoms with van der Waals surface area (Å²) in [6.07, 6.45) is 0.690. The summed E-state index contributed by atoms with van der Waals surface area (Å²) in [6.45, 7) is 2.75. The summed E-state index contributed by atoms with van der Waals surface area (Å²) in [6, 6.07) is 5.10. The Balaban J connectivity index is 0.00000264. The first-order valence-electron chi connectivity index (χ1n) is 7.29. The lowest BCUT2D eigenvalue weighted by atomic mass is 10.1. The average molecular weight is 455 g/mol. The number of halogens is 2. The van der Waals surface area contributed by atoms with Crippen LogP contribution in [0.2, 0.25) is 0 Å². The first kappa shape index (κ1) is 20.1. The molecule has 8 heteroatoms. The molecule has 1 heterocycles. The minimum absolute atomic E-state index is 0. The number of guanidine groups is 1. The molecule has 130 valence electrons. The summed E-state index contributed by atoms with van der Waals surface area (Å²) in [4.78, 5) is 4.09. The Morgan fingerprint density at radius 2 is 2.13 bits per heavy atom. The van der Waals surface area contributed by atoms with Crippen LogP contribution in [0.5, 0.6) is 0 Å². The molecule has 2 rings (SSSR count). The summed E-state index contributed by atoms with van der Waals surface area (Å²) < 4.78 is 36.3. The number of rotatable bonds is 4. The van der Waals surface area contributed by atoms with Crippen LogP contribution < -0.4 is 10.6 Å². The van der Waals surface area contributed by atoms with Crippen LogP contribution in [0.15, 0.2) is 23.2 Å². The van der Waals surface area contributed by atoms with Crippen LogP contribution in [0.4, 0.5) is 4.39 Å². The maximum atomic E-state index is 13.5. The zero-order chi connectivity index (χ0) is 16.2. The maximum Gasteiger partial charge on any atom is 0.191 e. The van der Waals surface area contributed by atoms with Crippen molar-refractivity contribution in [1.82, 2.24) is 10.6 Å². The van der Waals surface area contributed by atoms with E-state index in [4.69, 9.17) is 0 Å². The molecule has 1 aromatic rings. The first-order valence-corrected chi connectivity index (χ1v) is 9.12. The van der Waals surface area contributed by atoms with Gasteiger partial charge in [-0.3, -0.25) is 4.99 Å². The van der Waals surface area contributed by atoms with Crippen LogP contribution in [-0.2, 0) is 16.4 Å². The van der Waals surface area contributed by atoms with Crippen LogP contribution in [0, 0.1) is 18.7 Å². The van der Waals surface area contributed by atoms with E-state index < -0.39 is 9.84 Å². The van der Waals surface area contributed by atoms with Gasteiger partial charge in [-0.05, 0) is 36.5 Å². The standard InChI is InChI=1S/C15H22FN3O2S.HI/c1-11-3-4-12(7-14(11)16)8-18-15(17-2)19-9-13-5-6-22(20,21)10-13;/h3-4,7,13H,5-6,8-10H2,1-2H3,(H2,17,18,19);1H. The van der Waals surface area contributed by atoms with Gasteiger partial charge in [-0.15, -0.1) is 24.0 Å². The number of hydrogen-bond acceptors (Lipinski definition) is 3. The monoisotopic (exact) mass is 455 g/mol. The molecule has 0 aliphatic carbocycles. The fourth-order valence-corrected chi connectivity index (χ4v) is 4.29. The predicted molar refractivity (Wildman–Crippen MR) is 102 cm³/mol. The maximum absolute atomic E-state index is 13.5. The van der Waals surface area contributed by atoms with E-state index in [1.54, 1.807) is 20.0 Å². The quantitative estimate of drug-likeness (QED) is 0.413. The molecule has 0 saturated carbocycles. The molecule has 0 radical (unpaired) electrons. The van der Waals surface area contributed by atoms with Crippen molar-refractivity contribution in [2.45, 2.75) is 19.9 Å². The van der Waals surface area contributed by atoms with Gasteiger partial charge in [-0.1, -0.05) is 12.1 Å². The van der Waals surface area contributed by atoms with E-state index >= 15 is 0 Å². The number of aliphatic imine (C=N–C) groups is 1. The van der Waals surface area contributed by atoms with Gasteiger partial charge < -0.3 is 10.6 Å². The Bertz CT molecular complexity index is 665. The third-order valence-corrected chi connectivity index (χ3v) is 5.64. The van der Waals surface area contributed by atoms with Gasteiger partial charge in [-0.25, -0.2) is 12.8 Å². The van der Waals surface area contributed by atoms with Crippen molar-refractivity contribution in [2.24, 2.45) is 10.9 Å². The number of aryl methyl sites for hydroxylation is 1. The Hall–Kier alpha value is -0.900. The van der Waals surface area contributed by atoms with E-state index in [0.717, 1.165) is 5.56 Å². The normalized spacial score (nSPS) is 20.0. The zero-order valence-corrected chi connectivity index (χ0v) is 16.4. The van der Waals surface area contributed by atoms with E-state index in [-0.39, 0.29) is 47.2 Å². The zero-order valence-electron chi connectivity index (χ0n) is 13.3. The highest BCUT2D eigenvalue weighted by Crippen LogP contribution is 2.17. The van der Waals surface area contributed by atoms with Gasteiger partial charge in [0.25, 0.3) is 0 Å². The van der Waals surface area contributed by atoms with Gasteiger partial charge in [0.15, 0.2) is 15.8 Å². The Labute approximate surface area is 154 Å². The summed E-state index contributed by atoms with van der Waals surface area (Å²) >= 11 is 0. The molecule has 2 N–H and O–H groups in total. The second kappa shape index (κ2) is 8.81. The van der Waals surface area contributed by atoms with Crippen molar-refractivity contribution < 1.29 is 12.8 Å². The number of benzene rings is 1. The SMILES string of the molecule is CN=C(NCc1ccc(C)c(F)c1)NCC1CCS(=O)(=O)C1.I. The lowest BCUT2D eigenvalue weighted by molar-refractivity contribution is 0.567. The number of sulfone groups is 1. The van der Waals surface area contributed by atoms with Gasteiger partial charge in [0.05, 0.1) is 11.5 Å². The molecule has 1 aliphatic heterocycles. The van der Waals surface area contributed by atoms with E-state index in [1.807, 2.05) is 6.07 Å². The van der Waals surface area contributed by atoms with Crippen molar-refractivity contribution >= 4 is 39.8 Å². The third-order valence-electron chi connectivity index (χ3n) is 3.80. The minimum Gasteiger partial charge on any atom is -0.356 e. The van der Waals surface area contributed by atoms with Crippen molar-refractivity contribution in [3.63, 3.8) is 0 Å². The van der Waals surface area contributed by atoms with Gasteiger partial charge in [-0.2, -0.15) is 0 Å². The largest absolute Gasteiger partial charge is 0.356 e. The van der Waals surface area contributed by atoms with Crippen LogP contribution in [-0.4, -0.2) is 39.5 Å². The van der Waals surface area contributed by atoms with E-state index in [2.05, 4.69) is 15.6 Å². The summed E-state index contributed by atoms with van der Waals surface area (Å²) in [5.74, 6) is 0.998. The molecule has 0 aromatic heterocycles. The molecule has 0 amide bonds. The van der Waals surface area contributed by atoms with Crippen LogP contribution in [0.3, 0.4) is 0 Å². The molecule has 1 aliphatic rings. The average Bonchev–Trinajstić information content (AvgIpc) is 2.82. The summed E-state index contributed by atoms with van der Waals surface area (Å²) in [5, 5.41) is 6.23. The molecule has 0 bridgehead atoms. The lowest BCUT2D eigenvalue weighted by Crippen LogP contribution is -2.39. The van der Waals surface area contributed by atoms with Crippen molar-refractivity contribution in [2.75, 3.05) is 25.1 Å². The highest BCUT2D eigenvalue weighted by atomic mass is 127. The molecule has 1 atom stereocenters. The van der Waals surface area contributed by atoms with Crippen molar-refractivity contribution in [1.29, 1.82) is 0 Å². The fraction of sp³-hybridized carbons (Fsp3) is 0.533. The summed E-state index contributed by atoms with van der Waals surface area (Å²) in [7, 11) is -1.21. The molecule has 1 aromatic carbocycles. The van der Waals surface area contributed by atoms with E-state index in [9.17, 15) is 12.8 Å². The second-order valence-corrected chi connectivity index (χ2v) is 7.89. The fourth-order valence-electron chi connectivity index (χ4n) is 2.43. The molecule has 1 saturated heterocycles. The molecular formula is C15H23FIN3O2S. The lowest BCUT2D eigenvalue weighted by Gasteiger charge is -2.14. The first-order chi connectivity index (χ1) is 10.4. The van der Waals surface area contributed by atoms with Crippen LogP contribution in [0.1, 0.15) is 17.5 Å². The highest BCUT2D eigenvalue weighted by molar-refractivity contribution is 14.0. The van der Waals surface area contributed by atoms with Gasteiger partial charge in [0.1, 0.15) is 5.82 Å². The third kappa shape index (κ3) is 6.25. The molecule has 5 nitrogen and oxygen atoms in total. The van der Waals surface area contributed by atoms with Gasteiger partial charge >= 0.3 is 0 Å². The number of hydrogen-bond donors (Lipinski definition) is 2. The predicted octanol–water partition coefficient (Wildman–Crippen LogP) is 1.85. The van der Waals surface area contributed by atoms with Crippen molar-refractivity contribution in [3.05, 3.63) is 35.1 Å².